The zero-order valence-corrected chi connectivity index (χ0v) is 40.9. The first-order valence-electron chi connectivity index (χ1n) is 26.3. The lowest BCUT2D eigenvalue weighted by molar-refractivity contribution is -0.169. The Hall–Kier alpha value is -2.12. The molecule has 0 radical (unpaired) electrons. The van der Waals surface area contributed by atoms with E-state index in [1.54, 1.807) is 0 Å². The van der Waals surface area contributed by atoms with Crippen molar-refractivity contribution >= 4 is 23.9 Å². The number of hydrogen-bond donors (Lipinski definition) is 0. The maximum absolute atomic E-state index is 12.7. The first-order chi connectivity index (χ1) is 29.7. The molecular weight excluding hydrogens is 765 g/mol. The highest BCUT2D eigenvalue weighted by molar-refractivity contribution is 5.70. The zero-order chi connectivity index (χ0) is 44.8. The van der Waals surface area contributed by atoms with E-state index in [1.807, 2.05) is 0 Å². The molecule has 0 bridgehead atoms. The molecule has 0 aliphatic carbocycles. The van der Waals surface area contributed by atoms with Crippen molar-refractivity contribution in [2.24, 2.45) is 5.41 Å². The largest absolute Gasteiger partial charge is 0.465 e. The van der Waals surface area contributed by atoms with Crippen LogP contribution in [0.3, 0.4) is 0 Å². The molecule has 0 unspecified atom stereocenters. The van der Waals surface area contributed by atoms with Crippen LogP contribution in [0.5, 0.6) is 0 Å². The number of carbonyl (C=O) groups is 4. The first-order valence-corrected chi connectivity index (χ1v) is 26.3. The Morgan fingerprint density at radius 2 is 0.459 bits per heavy atom. The Morgan fingerprint density at radius 1 is 0.279 bits per heavy atom. The summed E-state index contributed by atoms with van der Waals surface area (Å²) in [6.45, 7) is 6.36. The van der Waals surface area contributed by atoms with Gasteiger partial charge in [-0.2, -0.15) is 0 Å². The monoisotopic (exact) mass is 865 g/mol. The molecule has 0 heterocycles. The van der Waals surface area contributed by atoms with Crippen LogP contribution in [0.4, 0.5) is 0 Å². The average molecular weight is 865 g/mol. The summed E-state index contributed by atoms with van der Waals surface area (Å²) in [6.07, 6.45) is 49.6. The van der Waals surface area contributed by atoms with Crippen molar-refractivity contribution in [3.63, 3.8) is 0 Å². The molecule has 0 fully saturated rings. The summed E-state index contributed by atoms with van der Waals surface area (Å²) in [6, 6.07) is 0. The molecule has 0 aromatic heterocycles. The molecule has 0 aromatic carbocycles. The third kappa shape index (κ3) is 44.3. The fourth-order valence-electron chi connectivity index (χ4n) is 8.07. The average Bonchev–Trinajstić information content (AvgIpc) is 3.24. The number of esters is 4. The van der Waals surface area contributed by atoms with E-state index in [9.17, 15) is 19.2 Å². The molecule has 61 heavy (non-hydrogen) atoms. The molecule has 8 nitrogen and oxygen atoms in total. The Balaban J connectivity index is 4.17. The van der Waals surface area contributed by atoms with E-state index in [0.717, 1.165) is 38.5 Å². The smallest absolute Gasteiger partial charge is 0.305 e. The lowest BCUT2D eigenvalue weighted by atomic mass is 9.92. The third-order valence-electron chi connectivity index (χ3n) is 12.2. The van der Waals surface area contributed by atoms with E-state index in [-0.39, 0.29) is 51.2 Å². The summed E-state index contributed by atoms with van der Waals surface area (Å²) in [5, 5.41) is 0. The van der Waals surface area contributed by atoms with Gasteiger partial charge in [-0.15, -0.1) is 0 Å². The van der Waals surface area contributed by atoms with Gasteiger partial charge in [0.1, 0.15) is 31.8 Å². The summed E-state index contributed by atoms with van der Waals surface area (Å²) in [5.41, 5.74) is -1.18. The summed E-state index contributed by atoms with van der Waals surface area (Å²) in [5.74, 6) is -1.76. The Bertz CT molecular complexity index is 919. The highest BCUT2D eigenvalue weighted by Gasteiger charge is 2.37. The van der Waals surface area contributed by atoms with E-state index in [4.69, 9.17) is 18.9 Å². The van der Waals surface area contributed by atoms with Gasteiger partial charge in [-0.3, -0.25) is 19.2 Å². The van der Waals surface area contributed by atoms with E-state index >= 15 is 0 Å². The van der Waals surface area contributed by atoms with Crippen molar-refractivity contribution in [3.05, 3.63) is 0 Å². The molecule has 0 spiro atoms. The highest BCUT2D eigenvalue weighted by atomic mass is 16.6. The third-order valence-corrected chi connectivity index (χ3v) is 12.2. The van der Waals surface area contributed by atoms with Crippen LogP contribution in [-0.4, -0.2) is 50.3 Å². The molecular formula is C53H100O8. The lowest BCUT2D eigenvalue weighted by Gasteiger charge is -2.31. The van der Waals surface area contributed by atoms with Gasteiger partial charge in [0.15, 0.2) is 0 Å². The minimum absolute atomic E-state index is 0.182. The predicted octanol–water partition coefficient (Wildman–Crippen LogP) is 15.8. The maximum Gasteiger partial charge on any atom is 0.305 e. The van der Waals surface area contributed by atoms with Crippen LogP contribution < -0.4 is 0 Å². The summed E-state index contributed by atoms with van der Waals surface area (Å²) >= 11 is 0. The topological polar surface area (TPSA) is 105 Å². The van der Waals surface area contributed by atoms with Crippen LogP contribution in [0.15, 0.2) is 0 Å². The van der Waals surface area contributed by atoms with Crippen LogP contribution in [0.25, 0.3) is 0 Å². The molecule has 0 rings (SSSR count). The number of carbonyl (C=O) groups excluding carboxylic acids is 4. The molecule has 0 saturated heterocycles. The van der Waals surface area contributed by atoms with E-state index in [2.05, 4.69) is 13.8 Å². The van der Waals surface area contributed by atoms with Crippen molar-refractivity contribution in [2.45, 2.75) is 285 Å². The summed E-state index contributed by atoms with van der Waals surface area (Å²) < 4.78 is 21.9. The highest BCUT2D eigenvalue weighted by Crippen LogP contribution is 2.23. The van der Waals surface area contributed by atoms with Gasteiger partial charge in [0.25, 0.3) is 0 Å². The molecule has 0 atom stereocenters. The Morgan fingerprint density at radius 3 is 0.656 bits per heavy atom. The fraction of sp³-hybridized carbons (Fsp3) is 0.925. The minimum Gasteiger partial charge on any atom is -0.465 e. The maximum atomic E-state index is 12.7. The molecule has 0 N–H and O–H groups in total. The van der Waals surface area contributed by atoms with E-state index in [0.29, 0.717) is 0 Å². The first kappa shape index (κ1) is 58.9. The van der Waals surface area contributed by atoms with Crippen molar-refractivity contribution in [3.8, 4) is 0 Å². The van der Waals surface area contributed by atoms with Crippen LogP contribution >= 0.6 is 0 Å². The van der Waals surface area contributed by atoms with Gasteiger partial charge in [-0.25, -0.2) is 0 Å². The number of unbranched alkanes of at least 4 members (excludes halogenated alkanes) is 36. The summed E-state index contributed by atoms with van der Waals surface area (Å²) in [7, 11) is 0. The number of rotatable bonds is 48. The van der Waals surface area contributed by atoms with Crippen LogP contribution in [0.2, 0.25) is 0 Å². The number of hydrogen-bond acceptors (Lipinski definition) is 8. The molecule has 0 aliphatic rings. The van der Waals surface area contributed by atoms with Crippen molar-refractivity contribution in [1.82, 2.24) is 0 Å². The zero-order valence-electron chi connectivity index (χ0n) is 40.9. The molecule has 0 aromatic rings. The Labute approximate surface area is 377 Å². The fourth-order valence-corrected chi connectivity index (χ4v) is 8.07. The second-order valence-corrected chi connectivity index (χ2v) is 18.6. The van der Waals surface area contributed by atoms with Gasteiger partial charge >= 0.3 is 23.9 Å². The second kappa shape index (κ2) is 45.9. The van der Waals surface area contributed by atoms with Crippen LogP contribution in [0.1, 0.15) is 285 Å². The normalized spacial score (nSPS) is 11.5. The van der Waals surface area contributed by atoms with Crippen molar-refractivity contribution in [2.75, 3.05) is 26.4 Å². The number of ether oxygens (including phenoxy) is 4. The van der Waals surface area contributed by atoms with E-state index < -0.39 is 17.4 Å². The minimum atomic E-state index is -1.18. The van der Waals surface area contributed by atoms with Crippen LogP contribution in [-0.2, 0) is 38.1 Å². The molecule has 360 valence electrons. The standard InChI is InChI=1S/C53H100O8/c1-5-7-9-11-13-15-17-19-21-23-25-27-29-31-33-35-37-39-41-43-51(56)60-47-53(45-58-49(3)54,46-59-50(4)55)48-61-52(57)44-42-40-38-36-34-32-30-28-26-24-22-20-18-16-14-12-10-8-6-2/h5-48H2,1-4H3. The second-order valence-electron chi connectivity index (χ2n) is 18.6. The SMILES string of the molecule is CCCCCCCCCCCCCCCCCCCCCC(=O)OCC(COC(C)=O)(COC(C)=O)COC(=O)CCCCCCCCCCCCCCCCCCCCC. The van der Waals surface area contributed by atoms with E-state index in [1.165, 1.54) is 219 Å². The van der Waals surface area contributed by atoms with Crippen LogP contribution in [0, 0.1) is 5.41 Å². The van der Waals surface area contributed by atoms with Gasteiger partial charge in [0.2, 0.25) is 0 Å². The van der Waals surface area contributed by atoms with Gasteiger partial charge in [-0.05, 0) is 12.8 Å². The quantitative estimate of drug-likeness (QED) is 0.0338. The lowest BCUT2D eigenvalue weighted by Crippen LogP contribution is -2.43. The van der Waals surface area contributed by atoms with Crippen molar-refractivity contribution < 1.29 is 38.1 Å². The van der Waals surface area contributed by atoms with Gasteiger partial charge in [0, 0.05) is 26.7 Å². The predicted molar refractivity (Wildman–Crippen MR) is 254 cm³/mol. The molecule has 0 saturated carbocycles. The molecule has 0 aliphatic heterocycles. The van der Waals surface area contributed by atoms with Gasteiger partial charge in [0.05, 0.1) is 0 Å². The molecule has 8 heteroatoms. The van der Waals surface area contributed by atoms with Gasteiger partial charge in [-0.1, -0.05) is 245 Å². The summed E-state index contributed by atoms with van der Waals surface area (Å²) in [4.78, 5) is 49.0. The Kier molecular flexibility index (Phi) is 44.3. The molecule has 0 amide bonds. The van der Waals surface area contributed by atoms with Gasteiger partial charge < -0.3 is 18.9 Å². The van der Waals surface area contributed by atoms with Crippen molar-refractivity contribution in [1.29, 1.82) is 0 Å².